The average Bonchev–Trinajstić information content (AvgIpc) is 3.23. The number of nitrogens with one attached hydrogen (secondary N) is 1. The Morgan fingerprint density at radius 3 is 3.09 bits per heavy atom. The van der Waals surface area contributed by atoms with Crippen molar-refractivity contribution in [2.24, 2.45) is 0 Å². The number of hydrogen-bond acceptors (Lipinski definition) is 5. The molecule has 3 rings (SSSR count). The van der Waals surface area contributed by atoms with Crippen LogP contribution in [0.3, 0.4) is 0 Å². The third-order valence-corrected chi connectivity index (χ3v) is 5.44. The van der Waals surface area contributed by atoms with E-state index in [-0.39, 0.29) is 23.4 Å². The van der Waals surface area contributed by atoms with Crippen LogP contribution in [0.15, 0.2) is 24.3 Å². The molecule has 22 heavy (non-hydrogen) atoms. The zero-order valence-electron chi connectivity index (χ0n) is 12.5. The molecule has 2 fully saturated rings. The molecular formula is C16H19N3O2S. The molecule has 3 atom stereocenters. The van der Waals surface area contributed by atoms with E-state index >= 15 is 0 Å². The maximum atomic E-state index is 12.6. The van der Waals surface area contributed by atoms with Gasteiger partial charge >= 0.3 is 0 Å². The summed E-state index contributed by atoms with van der Waals surface area (Å²) in [6.45, 7) is 0.694. The van der Waals surface area contributed by atoms with Gasteiger partial charge in [-0.2, -0.15) is 5.26 Å². The van der Waals surface area contributed by atoms with E-state index in [1.165, 1.54) is 0 Å². The van der Waals surface area contributed by atoms with Crippen LogP contribution in [0.1, 0.15) is 23.8 Å². The topological polar surface area (TPSA) is 65.4 Å². The van der Waals surface area contributed by atoms with Crippen molar-refractivity contribution >= 4 is 17.7 Å². The fraction of sp³-hybridized carbons (Fsp3) is 0.500. The number of amides is 1. The predicted octanol–water partition coefficient (Wildman–Crippen LogP) is 1.91. The molecule has 5 nitrogen and oxygen atoms in total. The number of hydrogen-bond donors (Lipinski definition) is 1. The number of rotatable bonds is 3. The summed E-state index contributed by atoms with van der Waals surface area (Å²) in [5.74, 6) is 1.60. The Kier molecular flexibility index (Phi) is 4.55. The normalized spacial score (nSPS) is 27.6. The van der Waals surface area contributed by atoms with Gasteiger partial charge in [0.15, 0.2) is 0 Å². The van der Waals surface area contributed by atoms with Gasteiger partial charge < -0.3 is 9.64 Å². The lowest BCUT2D eigenvalue weighted by Crippen LogP contribution is -2.46. The standard InChI is InChI=1S/C16H19N3O2S/c1-21-14-7-3-2-6-12(14)15-18-13(10-22-15)16(20)19-8-4-5-11(19)9-17/h2-3,6-7,11,13,15,18H,4-5,8,10H2,1H3/t11-,13-,15?/m0/s1. The number of thioether (sulfide) groups is 1. The third kappa shape index (κ3) is 2.79. The highest BCUT2D eigenvalue weighted by atomic mass is 32.2. The summed E-state index contributed by atoms with van der Waals surface area (Å²) in [6.07, 6.45) is 1.71. The fourth-order valence-corrected chi connectivity index (χ4v) is 4.30. The molecule has 1 amide bonds. The number of likely N-dealkylation sites (tertiary alicyclic amines) is 1. The van der Waals surface area contributed by atoms with Gasteiger partial charge in [0, 0.05) is 17.9 Å². The number of nitriles is 1. The molecule has 6 heteroatoms. The molecule has 0 aromatic heterocycles. The Bertz CT molecular complexity index is 601. The molecule has 2 aliphatic rings. The Hall–Kier alpha value is -1.71. The molecule has 116 valence electrons. The second-order valence-electron chi connectivity index (χ2n) is 5.49. The summed E-state index contributed by atoms with van der Waals surface area (Å²) < 4.78 is 5.40. The van der Waals surface area contributed by atoms with Crippen LogP contribution in [0.25, 0.3) is 0 Å². The number of methoxy groups -OCH3 is 1. The van der Waals surface area contributed by atoms with Crippen molar-refractivity contribution in [2.75, 3.05) is 19.4 Å². The lowest BCUT2D eigenvalue weighted by Gasteiger charge is -2.23. The Morgan fingerprint density at radius 1 is 1.50 bits per heavy atom. The predicted molar refractivity (Wildman–Crippen MR) is 85.5 cm³/mol. The molecule has 2 aliphatic heterocycles. The second-order valence-corrected chi connectivity index (χ2v) is 6.63. The van der Waals surface area contributed by atoms with Crippen LogP contribution in [0.2, 0.25) is 0 Å². The molecule has 0 saturated carbocycles. The number of carbonyl (C=O) groups excluding carboxylic acids is 1. The number of para-hydroxylation sites is 1. The minimum Gasteiger partial charge on any atom is -0.496 e. The number of carbonyl (C=O) groups is 1. The van der Waals surface area contributed by atoms with E-state index in [0.29, 0.717) is 6.54 Å². The highest BCUT2D eigenvalue weighted by Gasteiger charge is 2.38. The van der Waals surface area contributed by atoms with E-state index in [9.17, 15) is 4.79 Å². The zero-order valence-corrected chi connectivity index (χ0v) is 13.3. The summed E-state index contributed by atoms with van der Waals surface area (Å²) in [5.41, 5.74) is 1.06. The molecule has 0 aliphatic carbocycles. The van der Waals surface area contributed by atoms with Gasteiger partial charge in [-0.1, -0.05) is 18.2 Å². The average molecular weight is 317 g/mol. The molecule has 0 spiro atoms. The van der Waals surface area contributed by atoms with Gasteiger partial charge in [-0.15, -0.1) is 11.8 Å². The monoisotopic (exact) mass is 317 g/mol. The van der Waals surface area contributed by atoms with Crippen molar-refractivity contribution in [2.45, 2.75) is 30.3 Å². The minimum absolute atomic E-state index is 0.0493. The van der Waals surface area contributed by atoms with Gasteiger partial charge in [-0.05, 0) is 18.9 Å². The van der Waals surface area contributed by atoms with Crippen LogP contribution < -0.4 is 10.1 Å². The highest BCUT2D eigenvalue weighted by Crippen LogP contribution is 2.38. The van der Waals surface area contributed by atoms with Crippen molar-refractivity contribution in [3.8, 4) is 11.8 Å². The van der Waals surface area contributed by atoms with E-state index < -0.39 is 0 Å². The maximum Gasteiger partial charge on any atom is 0.241 e. The van der Waals surface area contributed by atoms with Crippen molar-refractivity contribution < 1.29 is 9.53 Å². The van der Waals surface area contributed by atoms with Gasteiger partial charge in [0.25, 0.3) is 0 Å². The first kappa shape index (κ1) is 15.2. The quantitative estimate of drug-likeness (QED) is 0.922. The van der Waals surface area contributed by atoms with Crippen LogP contribution in [-0.4, -0.2) is 42.3 Å². The van der Waals surface area contributed by atoms with E-state index in [1.54, 1.807) is 23.8 Å². The lowest BCUT2D eigenvalue weighted by molar-refractivity contribution is -0.132. The van der Waals surface area contributed by atoms with E-state index in [0.717, 1.165) is 29.9 Å². The first-order valence-corrected chi connectivity index (χ1v) is 8.50. The summed E-state index contributed by atoms with van der Waals surface area (Å²) >= 11 is 1.71. The van der Waals surface area contributed by atoms with E-state index in [1.807, 2.05) is 24.3 Å². The molecule has 1 unspecified atom stereocenters. The van der Waals surface area contributed by atoms with Crippen molar-refractivity contribution in [3.05, 3.63) is 29.8 Å². The van der Waals surface area contributed by atoms with Gasteiger partial charge in [0.05, 0.1) is 24.6 Å². The highest BCUT2D eigenvalue weighted by molar-refractivity contribution is 7.99. The Morgan fingerprint density at radius 2 is 2.32 bits per heavy atom. The van der Waals surface area contributed by atoms with Crippen LogP contribution in [0, 0.1) is 11.3 Å². The largest absolute Gasteiger partial charge is 0.496 e. The van der Waals surface area contributed by atoms with Gasteiger partial charge in [-0.3, -0.25) is 10.1 Å². The smallest absolute Gasteiger partial charge is 0.241 e. The van der Waals surface area contributed by atoms with Crippen molar-refractivity contribution in [3.63, 3.8) is 0 Å². The fourth-order valence-electron chi connectivity index (χ4n) is 3.04. The summed E-state index contributed by atoms with van der Waals surface area (Å²) in [5, 5.41) is 12.6. The van der Waals surface area contributed by atoms with E-state index in [4.69, 9.17) is 10.00 Å². The number of nitrogens with zero attached hydrogens (tertiary/aromatic N) is 2. The van der Waals surface area contributed by atoms with Gasteiger partial charge in [-0.25, -0.2) is 0 Å². The number of ether oxygens (including phenoxy) is 1. The molecule has 2 saturated heterocycles. The van der Waals surface area contributed by atoms with Crippen LogP contribution in [0.4, 0.5) is 0 Å². The molecule has 0 radical (unpaired) electrons. The maximum absolute atomic E-state index is 12.6. The van der Waals surface area contributed by atoms with Crippen molar-refractivity contribution in [1.82, 2.24) is 10.2 Å². The first-order chi connectivity index (χ1) is 10.7. The van der Waals surface area contributed by atoms with Crippen LogP contribution in [-0.2, 0) is 4.79 Å². The zero-order chi connectivity index (χ0) is 15.5. The van der Waals surface area contributed by atoms with Crippen LogP contribution in [0.5, 0.6) is 5.75 Å². The summed E-state index contributed by atoms with van der Waals surface area (Å²) in [6, 6.07) is 9.60. The lowest BCUT2D eigenvalue weighted by atomic mass is 10.1. The van der Waals surface area contributed by atoms with Crippen molar-refractivity contribution in [1.29, 1.82) is 5.26 Å². The minimum atomic E-state index is -0.260. The first-order valence-electron chi connectivity index (χ1n) is 7.45. The Labute approximate surface area is 134 Å². The molecule has 1 aromatic carbocycles. The summed E-state index contributed by atoms with van der Waals surface area (Å²) in [4.78, 5) is 14.3. The molecule has 1 aromatic rings. The third-order valence-electron chi connectivity index (χ3n) is 4.19. The summed E-state index contributed by atoms with van der Waals surface area (Å²) in [7, 11) is 1.66. The SMILES string of the molecule is COc1ccccc1C1N[C@H](C(=O)N2CCC[C@H]2C#N)CS1. The molecule has 1 N–H and O–H groups in total. The van der Waals surface area contributed by atoms with Gasteiger partial charge in [0.1, 0.15) is 11.8 Å². The Balaban J connectivity index is 1.70. The second kappa shape index (κ2) is 6.59. The number of benzene rings is 1. The van der Waals surface area contributed by atoms with Gasteiger partial charge in [0.2, 0.25) is 5.91 Å². The molecule has 0 bridgehead atoms. The molecular weight excluding hydrogens is 298 g/mol. The van der Waals surface area contributed by atoms with E-state index in [2.05, 4.69) is 11.4 Å². The van der Waals surface area contributed by atoms with Crippen LogP contribution >= 0.6 is 11.8 Å². The molecule has 2 heterocycles.